The number of nitrogens with zero attached hydrogens (tertiary/aromatic N) is 1. The van der Waals surface area contributed by atoms with E-state index >= 15 is 0 Å². The van der Waals surface area contributed by atoms with Gasteiger partial charge in [0.15, 0.2) is 10.6 Å². The number of nitrogens with one attached hydrogen (secondary N) is 1. The summed E-state index contributed by atoms with van der Waals surface area (Å²) in [6.45, 7) is 0.380. The van der Waals surface area contributed by atoms with Gasteiger partial charge in [-0.3, -0.25) is 9.59 Å². The number of aliphatic hydroxyl groups excluding tert-OH is 1. The Labute approximate surface area is 288 Å². The number of para-hydroxylation sites is 1. The van der Waals surface area contributed by atoms with Crippen molar-refractivity contribution >= 4 is 45.2 Å². The van der Waals surface area contributed by atoms with Gasteiger partial charge in [-0.25, -0.2) is 4.98 Å². The molecule has 0 saturated carbocycles. The fourth-order valence-corrected chi connectivity index (χ4v) is 7.83. The minimum atomic E-state index is -0.843. The van der Waals surface area contributed by atoms with Gasteiger partial charge in [0, 0.05) is 37.1 Å². The van der Waals surface area contributed by atoms with Crippen LogP contribution in [0.25, 0.3) is 21.3 Å². The van der Waals surface area contributed by atoms with E-state index < -0.39 is 12.3 Å². The molecule has 1 saturated heterocycles. The minimum Gasteiger partial charge on any atom is -0.481 e. The van der Waals surface area contributed by atoms with E-state index in [1.807, 2.05) is 78.9 Å². The van der Waals surface area contributed by atoms with Crippen LogP contribution in [0.5, 0.6) is 0 Å². The summed E-state index contributed by atoms with van der Waals surface area (Å²) in [6, 6.07) is 32.2. The topological polar surface area (TPSA) is 118 Å². The summed E-state index contributed by atoms with van der Waals surface area (Å²) < 4.78 is 15.3. The molecule has 3 atom stereocenters. The van der Waals surface area contributed by atoms with Gasteiger partial charge in [-0.15, -0.1) is 11.3 Å². The molecule has 1 fully saturated rings. The number of fused-ring (bicyclic) bond motifs is 1. The Bertz CT molecular complexity index is 1790. The zero-order chi connectivity index (χ0) is 33.3. The van der Waals surface area contributed by atoms with Gasteiger partial charge in [-0.1, -0.05) is 96.7 Å². The van der Waals surface area contributed by atoms with Crippen LogP contribution in [0.2, 0.25) is 0 Å². The lowest BCUT2D eigenvalue weighted by molar-refractivity contribution is -0.245. The molecule has 4 aromatic carbocycles. The van der Waals surface area contributed by atoms with Crippen molar-refractivity contribution in [2.45, 2.75) is 68.1 Å². The summed E-state index contributed by atoms with van der Waals surface area (Å²) >= 11 is 3.40. The standard InChI is InChI=1S/C38H38N2O6S2/c41-23-25-13-15-27(16-14-25)33-21-30(24-47-38-40-32-9-3-4-10-34(32)48-38)45-37(46-33)28-19-17-26(18-20-28)31-8-2-1-7-29(31)22-39-35(42)11-5-6-12-36(43)44/h1-4,7-10,13-20,30,33,37,41H,5-6,11-12,21-24H2,(H,39,42)(H,43,44)/t30-,33+,37+/m0/s1. The third-order valence-electron chi connectivity index (χ3n) is 8.31. The molecule has 0 aliphatic carbocycles. The average molecular weight is 683 g/mol. The molecule has 8 nitrogen and oxygen atoms in total. The van der Waals surface area contributed by atoms with Gasteiger partial charge in [0.1, 0.15) is 0 Å². The number of hydrogen-bond donors (Lipinski definition) is 3. The van der Waals surface area contributed by atoms with Crippen molar-refractivity contribution in [3.05, 3.63) is 119 Å². The number of carbonyl (C=O) groups is 2. The number of aliphatic carboxylic acids is 1. The summed E-state index contributed by atoms with van der Waals surface area (Å²) in [5.74, 6) is -0.194. The van der Waals surface area contributed by atoms with Gasteiger partial charge in [0.25, 0.3) is 0 Å². The van der Waals surface area contributed by atoms with Crippen LogP contribution in [0, 0.1) is 0 Å². The molecule has 0 unspecified atom stereocenters. The molecule has 1 amide bonds. The molecule has 10 heteroatoms. The largest absolute Gasteiger partial charge is 0.481 e. The maximum Gasteiger partial charge on any atom is 0.303 e. The third-order valence-corrected chi connectivity index (χ3v) is 10.6. The Kier molecular flexibility index (Phi) is 11.5. The normalized spacial score (nSPS) is 17.7. The smallest absolute Gasteiger partial charge is 0.303 e. The van der Waals surface area contributed by atoms with Crippen LogP contribution in [-0.4, -0.2) is 38.9 Å². The van der Waals surface area contributed by atoms with E-state index in [4.69, 9.17) is 19.6 Å². The molecule has 6 rings (SSSR count). The number of carbonyl (C=O) groups excluding carboxylic acids is 1. The van der Waals surface area contributed by atoms with Gasteiger partial charge >= 0.3 is 5.97 Å². The Morgan fingerprint density at radius 3 is 2.38 bits per heavy atom. The number of thiazole rings is 1. The number of unbranched alkanes of at least 4 members (excludes halogenated alkanes) is 1. The summed E-state index contributed by atoms with van der Waals surface area (Å²) in [6.07, 6.45) is 1.30. The highest BCUT2D eigenvalue weighted by molar-refractivity contribution is 8.01. The molecule has 0 radical (unpaired) electrons. The first-order chi connectivity index (χ1) is 23.4. The lowest BCUT2D eigenvalue weighted by Gasteiger charge is -2.36. The average Bonchev–Trinajstić information content (AvgIpc) is 3.55. The monoisotopic (exact) mass is 682 g/mol. The van der Waals surface area contributed by atoms with E-state index in [1.165, 1.54) is 4.70 Å². The molecule has 1 aliphatic heterocycles. The molecular formula is C38H38N2O6S2. The van der Waals surface area contributed by atoms with Gasteiger partial charge in [-0.05, 0) is 52.8 Å². The molecule has 3 N–H and O–H groups in total. The fourth-order valence-electron chi connectivity index (χ4n) is 5.72. The molecule has 48 heavy (non-hydrogen) atoms. The highest BCUT2D eigenvalue weighted by Gasteiger charge is 2.32. The molecule has 0 spiro atoms. The zero-order valence-corrected chi connectivity index (χ0v) is 28.1. The molecule has 1 aliphatic rings. The number of rotatable bonds is 14. The van der Waals surface area contributed by atoms with Gasteiger partial charge in [0.2, 0.25) is 5.91 Å². The Morgan fingerprint density at radius 1 is 0.875 bits per heavy atom. The van der Waals surface area contributed by atoms with Crippen LogP contribution in [0.1, 0.15) is 66.8 Å². The second-order valence-electron chi connectivity index (χ2n) is 11.8. The second-order valence-corrected chi connectivity index (χ2v) is 14.1. The van der Waals surface area contributed by atoms with Crippen molar-refractivity contribution in [2.75, 3.05) is 5.75 Å². The fraction of sp³-hybridized carbons (Fsp3) is 0.289. The third kappa shape index (κ3) is 8.89. The number of thioether (sulfide) groups is 1. The number of ether oxygens (including phenoxy) is 2. The maximum absolute atomic E-state index is 12.4. The number of benzene rings is 4. The first-order valence-corrected chi connectivity index (χ1v) is 17.9. The summed E-state index contributed by atoms with van der Waals surface area (Å²) in [7, 11) is 0. The van der Waals surface area contributed by atoms with Crippen LogP contribution in [-0.2, 0) is 32.2 Å². The number of carboxylic acid groups (broad SMARTS) is 1. The van der Waals surface area contributed by atoms with Crippen molar-refractivity contribution in [1.82, 2.24) is 10.3 Å². The SMILES string of the molecule is O=C(O)CCCCC(=O)NCc1ccccc1-c1ccc([C@@H]2O[C@H](CSc3nc4ccccc4s3)C[C@H](c3ccc(CO)cc3)O2)cc1. The molecule has 0 bridgehead atoms. The van der Waals surface area contributed by atoms with Crippen LogP contribution >= 0.6 is 23.1 Å². The molecule has 2 heterocycles. The summed E-state index contributed by atoms with van der Waals surface area (Å²) in [5, 5.41) is 21.3. The first kappa shape index (κ1) is 33.8. The van der Waals surface area contributed by atoms with E-state index in [9.17, 15) is 14.7 Å². The highest BCUT2D eigenvalue weighted by Crippen LogP contribution is 2.40. The van der Waals surface area contributed by atoms with E-state index in [2.05, 4.69) is 23.5 Å². The molecule has 5 aromatic rings. The van der Waals surface area contributed by atoms with Gasteiger partial charge in [0.05, 0.1) is 29.0 Å². The first-order valence-electron chi connectivity index (χ1n) is 16.1. The number of hydrogen-bond acceptors (Lipinski definition) is 8. The van der Waals surface area contributed by atoms with Crippen molar-refractivity contribution < 1.29 is 29.3 Å². The van der Waals surface area contributed by atoms with Crippen LogP contribution < -0.4 is 5.32 Å². The van der Waals surface area contributed by atoms with Crippen LogP contribution in [0.15, 0.2) is 101 Å². The Hall–Kier alpha value is -4.06. The minimum absolute atomic E-state index is 0.00455. The highest BCUT2D eigenvalue weighted by atomic mass is 32.2. The van der Waals surface area contributed by atoms with Crippen molar-refractivity contribution in [3.63, 3.8) is 0 Å². The quantitative estimate of drug-likeness (QED) is 0.0796. The lowest BCUT2D eigenvalue weighted by Crippen LogP contribution is -2.31. The van der Waals surface area contributed by atoms with Crippen molar-refractivity contribution in [2.24, 2.45) is 0 Å². The Morgan fingerprint density at radius 2 is 1.60 bits per heavy atom. The lowest BCUT2D eigenvalue weighted by atomic mass is 9.97. The van der Waals surface area contributed by atoms with E-state index in [0.29, 0.717) is 32.2 Å². The number of amides is 1. The van der Waals surface area contributed by atoms with Crippen molar-refractivity contribution in [1.29, 1.82) is 0 Å². The van der Waals surface area contributed by atoms with E-state index in [0.717, 1.165) is 49.0 Å². The number of aromatic nitrogens is 1. The predicted molar refractivity (Wildman–Crippen MR) is 189 cm³/mol. The van der Waals surface area contributed by atoms with Crippen LogP contribution in [0.4, 0.5) is 0 Å². The summed E-state index contributed by atoms with van der Waals surface area (Å²) in [4.78, 5) is 27.9. The molecule has 1 aromatic heterocycles. The van der Waals surface area contributed by atoms with Gasteiger partial charge < -0.3 is 25.0 Å². The van der Waals surface area contributed by atoms with Crippen LogP contribution in [0.3, 0.4) is 0 Å². The number of aliphatic hydroxyl groups is 1. The Balaban J connectivity index is 1.14. The van der Waals surface area contributed by atoms with E-state index in [-0.39, 0.29) is 31.1 Å². The molecular weight excluding hydrogens is 645 g/mol. The second kappa shape index (κ2) is 16.4. The predicted octanol–water partition coefficient (Wildman–Crippen LogP) is 8.05. The van der Waals surface area contributed by atoms with E-state index in [1.54, 1.807) is 23.1 Å². The van der Waals surface area contributed by atoms with Gasteiger partial charge in [-0.2, -0.15) is 0 Å². The maximum atomic E-state index is 12.4. The number of carboxylic acids is 1. The molecule has 248 valence electrons. The van der Waals surface area contributed by atoms with Crippen molar-refractivity contribution in [3.8, 4) is 11.1 Å². The zero-order valence-electron chi connectivity index (χ0n) is 26.4. The summed E-state index contributed by atoms with van der Waals surface area (Å²) in [5.41, 5.74) is 6.86.